The number of carbonyl (C=O) groups excluding carboxylic acids is 1. The summed E-state index contributed by atoms with van der Waals surface area (Å²) in [6.07, 6.45) is 1.91. The van der Waals surface area contributed by atoms with Crippen molar-refractivity contribution in [2.75, 3.05) is 6.61 Å². The number of ether oxygens (including phenoxy) is 2. The maximum Gasteiger partial charge on any atom is 0.317 e. The van der Waals surface area contributed by atoms with Gasteiger partial charge >= 0.3 is 5.97 Å². The van der Waals surface area contributed by atoms with Gasteiger partial charge in [-0.25, -0.2) is 0 Å². The van der Waals surface area contributed by atoms with Crippen molar-refractivity contribution in [3.05, 3.63) is 59.2 Å². The Bertz CT molecular complexity index is 725. The van der Waals surface area contributed by atoms with Gasteiger partial charge < -0.3 is 9.47 Å². The molecule has 0 aromatic heterocycles. The maximum atomic E-state index is 11.9. The second-order valence-electron chi connectivity index (χ2n) is 5.25. The molecule has 0 saturated carbocycles. The molecule has 100 valence electrons. The van der Waals surface area contributed by atoms with Gasteiger partial charge in [-0.05, 0) is 27.5 Å². The average molecular weight is 266 g/mol. The molecule has 4 rings (SSSR count). The summed E-state index contributed by atoms with van der Waals surface area (Å²) >= 11 is 0. The standard InChI is InChI=1S/C17H14O3/c18-17-15-7-14(15)9-19-8-12-5-1-3-11-4-2-6-13(10-20-17)16(11)12/h1-7,15H,8-10H2. The van der Waals surface area contributed by atoms with Crippen LogP contribution in [0.3, 0.4) is 0 Å². The van der Waals surface area contributed by atoms with Crippen molar-refractivity contribution < 1.29 is 14.3 Å². The van der Waals surface area contributed by atoms with E-state index in [1.54, 1.807) is 0 Å². The third-order valence-corrected chi connectivity index (χ3v) is 3.90. The lowest BCUT2D eigenvalue weighted by Crippen LogP contribution is -2.09. The largest absolute Gasteiger partial charge is 0.460 e. The van der Waals surface area contributed by atoms with Gasteiger partial charge in [0.15, 0.2) is 0 Å². The molecule has 3 heteroatoms. The number of hydrogen-bond acceptors (Lipinski definition) is 3. The molecule has 0 bridgehead atoms. The molecule has 1 aliphatic heterocycles. The van der Waals surface area contributed by atoms with Gasteiger partial charge in [0.05, 0.1) is 19.1 Å². The summed E-state index contributed by atoms with van der Waals surface area (Å²) in [5, 5.41) is 2.30. The van der Waals surface area contributed by atoms with Crippen molar-refractivity contribution in [3.63, 3.8) is 0 Å². The number of cyclic esters (lactones) is 1. The SMILES string of the molecule is O=C1OCc2cccc3cccc(c23)COCC2=CC12. The molecule has 2 aliphatic rings. The van der Waals surface area contributed by atoms with E-state index in [0.717, 1.165) is 27.5 Å². The van der Waals surface area contributed by atoms with Crippen LogP contribution in [0.25, 0.3) is 10.8 Å². The highest BCUT2D eigenvalue weighted by atomic mass is 16.5. The van der Waals surface area contributed by atoms with Gasteiger partial charge in [0, 0.05) is 0 Å². The number of fused-ring (bicyclic) bond motifs is 1. The normalized spacial score (nSPS) is 21.5. The third kappa shape index (κ3) is 1.91. The van der Waals surface area contributed by atoms with Gasteiger partial charge in [-0.2, -0.15) is 0 Å². The summed E-state index contributed by atoms with van der Waals surface area (Å²) in [4.78, 5) is 11.9. The highest BCUT2D eigenvalue weighted by Crippen LogP contribution is 2.32. The minimum Gasteiger partial charge on any atom is -0.460 e. The van der Waals surface area contributed by atoms with Crippen LogP contribution in [0.5, 0.6) is 0 Å². The van der Waals surface area contributed by atoms with E-state index in [4.69, 9.17) is 9.47 Å². The fraction of sp³-hybridized carbons (Fsp3) is 0.235. The maximum absolute atomic E-state index is 11.9. The van der Waals surface area contributed by atoms with Crippen LogP contribution in [0.1, 0.15) is 11.1 Å². The molecular weight excluding hydrogens is 252 g/mol. The summed E-state index contributed by atoms with van der Waals surface area (Å²) in [5.41, 5.74) is 3.22. The number of esters is 1. The van der Waals surface area contributed by atoms with E-state index < -0.39 is 0 Å². The highest BCUT2D eigenvalue weighted by molar-refractivity contribution is 5.89. The Morgan fingerprint density at radius 3 is 2.50 bits per heavy atom. The zero-order valence-corrected chi connectivity index (χ0v) is 11.0. The van der Waals surface area contributed by atoms with Crippen molar-refractivity contribution in [1.82, 2.24) is 0 Å². The first-order valence-electron chi connectivity index (χ1n) is 6.77. The lowest BCUT2D eigenvalue weighted by atomic mass is 10.00. The zero-order chi connectivity index (χ0) is 13.5. The molecule has 0 N–H and O–H groups in total. The van der Waals surface area contributed by atoms with Crippen LogP contribution in [0.2, 0.25) is 0 Å². The Balaban J connectivity index is 1.80. The third-order valence-electron chi connectivity index (χ3n) is 3.90. The van der Waals surface area contributed by atoms with E-state index in [1.165, 1.54) is 0 Å². The smallest absolute Gasteiger partial charge is 0.317 e. The number of hydrogen-bond donors (Lipinski definition) is 0. The summed E-state index contributed by atoms with van der Waals surface area (Å²) < 4.78 is 11.2. The Hall–Kier alpha value is -2.13. The first kappa shape index (κ1) is 11.7. The van der Waals surface area contributed by atoms with E-state index in [2.05, 4.69) is 18.2 Å². The molecule has 0 spiro atoms. The lowest BCUT2D eigenvalue weighted by Gasteiger charge is -2.11. The van der Waals surface area contributed by atoms with Crippen molar-refractivity contribution in [1.29, 1.82) is 0 Å². The van der Waals surface area contributed by atoms with Crippen LogP contribution in [0.4, 0.5) is 0 Å². The van der Waals surface area contributed by atoms with Crippen molar-refractivity contribution >= 4 is 16.7 Å². The molecule has 1 aliphatic carbocycles. The van der Waals surface area contributed by atoms with E-state index in [1.807, 2.05) is 24.3 Å². The van der Waals surface area contributed by atoms with Crippen LogP contribution < -0.4 is 0 Å². The van der Waals surface area contributed by atoms with Crippen molar-refractivity contribution in [3.8, 4) is 0 Å². The molecule has 2 aromatic rings. The fourth-order valence-corrected chi connectivity index (χ4v) is 2.78. The number of benzene rings is 2. The van der Waals surface area contributed by atoms with Crippen molar-refractivity contribution in [2.24, 2.45) is 5.92 Å². The van der Waals surface area contributed by atoms with Gasteiger partial charge in [-0.3, -0.25) is 4.79 Å². The summed E-state index contributed by atoms with van der Waals surface area (Å²) in [7, 11) is 0. The molecule has 3 nitrogen and oxygen atoms in total. The average Bonchev–Trinajstić information content (AvgIpc) is 3.23. The fourth-order valence-electron chi connectivity index (χ4n) is 2.78. The molecule has 20 heavy (non-hydrogen) atoms. The van der Waals surface area contributed by atoms with Gasteiger partial charge in [-0.15, -0.1) is 0 Å². The Morgan fingerprint density at radius 1 is 0.950 bits per heavy atom. The first-order chi connectivity index (χ1) is 9.83. The Kier molecular flexibility index (Phi) is 2.60. The Labute approximate surface area is 116 Å². The van der Waals surface area contributed by atoms with E-state index >= 15 is 0 Å². The van der Waals surface area contributed by atoms with Crippen LogP contribution in [-0.2, 0) is 27.5 Å². The van der Waals surface area contributed by atoms with Gasteiger partial charge in [0.1, 0.15) is 6.61 Å². The second kappa shape index (κ2) is 4.46. The molecule has 0 amide bonds. The molecule has 0 saturated heterocycles. The van der Waals surface area contributed by atoms with Crippen molar-refractivity contribution in [2.45, 2.75) is 13.2 Å². The molecule has 0 radical (unpaired) electrons. The summed E-state index contributed by atoms with van der Waals surface area (Å²) in [6, 6.07) is 12.3. The van der Waals surface area contributed by atoms with Gasteiger partial charge in [0.25, 0.3) is 0 Å². The lowest BCUT2D eigenvalue weighted by molar-refractivity contribution is -0.145. The zero-order valence-electron chi connectivity index (χ0n) is 11.0. The molecule has 2 aromatic carbocycles. The Morgan fingerprint density at radius 2 is 1.70 bits per heavy atom. The topological polar surface area (TPSA) is 35.5 Å². The minimum absolute atomic E-state index is 0.157. The van der Waals surface area contributed by atoms with Gasteiger partial charge in [-0.1, -0.05) is 42.5 Å². The van der Waals surface area contributed by atoms with E-state index in [-0.39, 0.29) is 11.9 Å². The predicted molar refractivity (Wildman–Crippen MR) is 75.0 cm³/mol. The van der Waals surface area contributed by atoms with Crippen LogP contribution >= 0.6 is 0 Å². The first-order valence-corrected chi connectivity index (χ1v) is 6.77. The predicted octanol–water partition coefficient (Wildman–Crippen LogP) is 2.97. The van der Waals surface area contributed by atoms with E-state index in [0.29, 0.717) is 19.8 Å². The molecule has 1 atom stereocenters. The minimum atomic E-state index is -0.167. The molecule has 1 heterocycles. The number of rotatable bonds is 0. The highest BCUT2D eigenvalue weighted by Gasteiger charge is 2.33. The van der Waals surface area contributed by atoms with Gasteiger partial charge in [0.2, 0.25) is 0 Å². The van der Waals surface area contributed by atoms with Crippen LogP contribution in [-0.4, -0.2) is 12.6 Å². The molecule has 0 fully saturated rings. The van der Waals surface area contributed by atoms with E-state index in [9.17, 15) is 4.79 Å². The monoisotopic (exact) mass is 266 g/mol. The molecular formula is C17H14O3. The number of carbonyl (C=O) groups is 1. The second-order valence-corrected chi connectivity index (χ2v) is 5.25. The van der Waals surface area contributed by atoms with Crippen LogP contribution in [0, 0.1) is 5.92 Å². The molecule has 1 unspecified atom stereocenters. The van der Waals surface area contributed by atoms with Crippen LogP contribution in [0.15, 0.2) is 48.0 Å². The quantitative estimate of drug-likeness (QED) is 0.543. The summed E-state index contributed by atoms with van der Waals surface area (Å²) in [6.45, 7) is 1.40. The summed E-state index contributed by atoms with van der Waals surface area (Å²) in [5.74, 6) is -0.324.